The van der Waals surface area contributed by atoms with Gasteiger partial charge in [0.2, 0.25) is 6.10 Å². The van der Waals surface area contributed by atoms with Crippen LogP contribution in [0.4, 0.5) is 13.2 Å². The highest BCUT2D eigenvalue weighted by Gasteiger charge is 2.72. The molecule has 0 amide bonds. The number of aliphatic hydroxyl groups is 1. The lowest BCUT2D eigenvalue weighted by Gasteiger charge is -2.61. The highest BCUT2D eigenvalue weighted by molar-refractivity contribution is 5.90. The number of rotatable bonds is 8. The summed E-state index contributed by atoms with van der Waals surface area (Å²) in [5.74, 6) is -5.37. The van der Waals surface area contributed by atoms with Crippen LogP contribution in [0.2, 0.25) is 0 Å². The summed E-state index contributed by atoms with van der Waals surface area (Å²) < 4.78 is 64.2. The number of hydrogen-bond donors (Lipinski definition) is 1. The van der Waals surface area contributed by atoms with Gasteiger partial charge in [-0.3, -0.25) is 9.59 Å². The molecule has 0 aromatic heterocycles. The van der Waals surface area contributed by atoms with Gasteiger partial charge in [0.05, 0.1) is 31.0 Å². The number of likely N-dealkylation sites (tertiary alicyclic amines) is 1. The van der Waals surface area contributed by atoms with Gasteiger partial charge in [0.25, 0.3) is 0 Å². The molecule has 11 nitrogen and oxygen atoms in total. The second kappa shape index (κ2) is 11.4. The molecule has 0 radical (unpaired) electrons. The predicted octanol–water partition coefficient (Wildman–Crippen LogP) is 3.21. The van der Waals surface area contributed by atoms with Gasteiger partial charge in [-0.25, -0.2) is 9.59 Å². The van der Waals surface area contributed by atoms with E-state index in [2.05, 4.69) is 9.64 Å². The van der Waals surface area contributed by atoms with E-state index in [1.807, 2.05) is 13.1 Å². The lowest BCUT2D eigenvalue weighted by Crippen LogP contribution is -2.74. The third-order valence-corrected chi connectivity index (χ3v) is 9.31. The van der Waals surface area contributed by atoms with E-state index in [1.165, 1.54) is 19.2 Å². The molecule has 2 heterocycles. The molecule has 4 aliphatic rings. The number of piperidine rings is 1. The van der Waals surface area contributed by atoms with E-state index in [0.29, 0.717) is 30.9 Å². The Balaban J connectivity index is 1.25. The largest absolute Gasteiger partial charge is 0.493 e. The van der Waals surface area contributed by atoms with E-state index >= 15 is 0 Å². The number of methoxy groups -OCH3 is 1. The summed E-state index contributed by atoms with van der Waals surface area (Å²) >= 11 is 0. The van der Waals surface area contributed by atoms with E-state index in [4.69, 9.17) is 18.9 Å². The van der Waals surface area contributed by atoms with Crippen molar-refractivity contribution < 1.29 is 61.1 Å². The van der Waals surface area contributed by atoms with Gasteiger partial charge in [0, 0.05) is 23.6 Å². The standard InChI is InChI=1S/C32H30F3NO10/c1-36-15-14-30-24-18-8-9-19(42-2)26(24)46-27(30)20(12-13-31(30,41)21(36)16-18)43-28(39)25(17-6-4-3-5-7-17)44-22(37)10-11-23(38)45-29(40)32(33,34)35/h3-9,12,21,25,27,41H,10-11,13-16H2,1-2H3/t21-,25-,27+,30+,31-/m1/s1. The smallest absolute Gasteiger partial charge is 0.491 e. The van der Waals surface area contributed by atoms with E-state index < -0.39 is 66.1 Å². The first-order chi connectivity index (χ1) is 21.8. The fourth-order valence-electron chi connectivity index (χ4n) is 7.24. The minimum absolute atomic E-state index is 0.121. The average Bonchev–Trinajstić information content (AvgIpc) is 3.38. The Morgan fingerprint density at radius 1 is 1.09 bits per heavy atom. The second-order valence-corrected chi connectivity index (χ2v) is 11.7. The summed E-state index contributed by atoms with van der Waals surface area (Å²) in [7, 11) is 3.47. The Hall–Kier alpha value is -4.43. The lowest BCUT2D eigenvalue weighted by molar-refractivity contribution is -0.202. The zero-order valence-electron chi connectivity index (χ0n) is 24.8. The highest BCUT2D eigenvalue weighted by Crippen LogP contribution is 2.65. The Morgan fingerprint density at radius 2 is 1.80 bits per heavy atom. The number of halogens is 3. The van der Waals surface area contributed by atoms with Crippen molar-refractivity contribution in [2.24, 2.45) is 0 Å². The fourth-order valence-corrected chi connectivity index (χ4v) is 7.24. The molecule has 6 rings (SSSR count). The maximum Gasteiger partial charge on any atom is 0.491 e. The molecule has 5 atom stereocenters. The molecule has 1 spiro atoms. The van der Waals surface area contributed by atoms with Crippen molar-refractivity contribution in [2.45, 2.75) is 67.5 Å². The Morgan fingerprint density at radius 3 is 2.50 bits per heavy atom. The molecule has 2 aromatic carbocycles. The molecule has 14 heteroatoms. The molecular formula is C32H30F3NO10. The van der Waals surface area contributed by atoms with Crippen LogP contribution in [0.25, 0.3) is 0 Å². The van der Waals surface area contributed by atoms with Crippen molar-refractivity contribution in [3.05, 3.63) is 71.0 Å². The minimum atomic E-state index is -5.38. The number of nitrogens with zero attached hydrogens (tertiary/aromatic N) is 1. The van der Waals surface area contributed by atoms with Crippen LogP contribution in [0, 0.1) is 0 Å². The van der Waals surface area contributed by atoms with Crippen molar-refractivity contribution in [1.82, 2.24) is 4.90 Å². The van der Waals surface area contributed by atoms with Crippen LogP contribution < -0.4 is 9.47 Å². The summed E-state index contributed by atoms with van der Waals surface area (Å²) in [5.41, 5.74) is -0.165. The van der Waals surface area contributed by atoms with Crippen LogP contribution in [-0.4, -0.2) is 78.5 Å². The van der Waals surface area contributed by atoms with E-state index in [-0.39, 0.29) is 23.8 Å². The van der Waals surface area contributed by atoms with Gasteiger partial charge in [0.15, 0.2) is 17.6 Å². The number of ether oxygens (including phenoxy) is 5. The van der Waals surface area contributed by atoms with Crippen molar-refractivity contribution in [1.29, 1.82) is 0 Å². The van der Waals surface area contributed by atoms with Crippen molar-refractivity contribution in [2.75, 3.05) is 20.7 Å². The number of likely N-dealkylation sites (N-methyl/N-ethyl adjacent to an activating group) is 1. The number of hydrogen-bond acceptors (Lipinski definition) is 11. The number of carbonyl (C=O) groups is 4. The normalized spacial score (nSPS) is 26.5. The van der Waals surface area contributed by atoms with Crippen LogP contribution in [0.5, 0.6) is 11.5 Å². The molecule has 0 unspecified atom stereocenters. The molecule has 1 N–H and O–H groups in total. The first-order valence-corrected chi connectivity index (χ1v) is 14.6. The molecule has 0 saturated carbocycles. The van der Waals surface area contributed by atoms with Crippen molar-refractivity contribution >= 4 is 23.9 Å². The molecule has 2 aliphatic carbocycles. The minimum Gasteiger partial charge on any atom is -0.493 e. The Bertz CT molecular complexity index is 1630. The van der Waals surface area contributed by atoms with Gasteiger partial charge in [-0.05, 0) is 44.1 Å². The van der Waals surface area contributed by atoms with Gasteiger partial charge >= 0.3 is 30.1 Å². The van der Waals surface area contributed by atoms with Gasteiger partial charge < -0.3 is 33.7 Å². The SMILES string of the molecule is COc1ccc2c3c1O[C@H]1C(OC(=O)[C@H](OC(=O)CCC(=O)OC(=O)C(F)(F)F)c4ccccc4)=CC[C@@]4(O)[C@@H](C2)N(C)CC[C@]314. The molecule has 1 fully saturated rings. The topological polar surface area (TPSA) is 138 Å². The van der Waals surface area contributed by atoms with Crippen LogP contribution in [0.3, 0.4) is 0 Å². The van der Waals surface area contributed by atoms with Gasteiger partial charge in [0.1, 0.15) is 5.76 Å². The third kappa shape index (κ3) is 4.99. The molecular weight excluding hydrogens is 615 g/mol. The molecule has 46 heavy (non-hydrogen) atoms. The molecule has 2 aliphatic heterocycles. The molecule has 2 bridgehead atoms. The maximum absolute atomic E-state index is 13.7. The van der Waals surface area contributed by atoms with Gasteiger partial charge in [-0.1, -0.05) is 36.4 Å². The Labute approximate surface area is 260 Å². The third-order valence-electron chi connectivity index (χ3n) is 9.31. The lowest BCUT2D eigenvalue weighted by atomic mass is 9.50. The molecule has 2 aromatic rings. The van der Waals surface area contributed by atoms with Crippen LogP contribution >= 0.6 is 0 Å². The summed E-state index contributed by atoms with van der Waals surface area (Å²) in [6.45, 7) is 0.644. The average molecular weight is 646 g/mol. The molecule has 244 valence electrons. The maximum atomic E-state index is 13.7. The quantitative estimate of drug-likeness (QED) is 0.257. The first kappa shape index (κ1) is 31.5. The monoisotopic (exact) mass is 645 g/mol. The summed E-state index contributed by atoms with van der Waals surface area (Å²) in [6, 6.07) is 11.4. The van der Waals surface area contributed by atoms with Crippen LogP contribution in [-0.2, 0) is 45.2 Å². The predicted molar refractivity (Wildman–Crippen MR) is 149 cm³/mol. The van der Waals surface area contributed by atoms with Crippen LogP contribution in [0.1, 0.15) is 48.5 Å². The summed E-state index contributed by atoms with van der Waals surface area (Å²) in [4.78, 5) is 51.1. The van der Waals surface area contributed by atoms with Gasteiger partial charge in [-0.15, -0.1) is 0 Å². The van der Waals surface area contributed by atoms with Crippen molar-refractivity contribution in [3.8, 4) is 11.5 Å². The van der Waals surface area contributed by atoms with E-state index in [0.717, 1.165) is 11.1 Å². The zero-order valence-corrected chi connectivity index (χ0v) is 24.8. The number of carbonyl (C=O) groups excluding carboxylic acids is 4. The number of esters is 4. The Kier molecular flexibility index (Phi) is 7.83. The summed E-state index contributed by atoms with van der Waals surface area (Å²) in [5, 5.41) is 12.4. The van der Waals surface area contributed by atoms with E-state index in [1.54, 1.807) is 30.3 Å². The zero-order chi connectivity index (χ0) is 33.0. The van der Waals surface area contributed by atoms with Crippen molar-refractivity contribution in [3.63, 3.8) is 0 Å². The highest BCUT2D eigenvalue weighted by atomic mass is 19.4. The first-order valence-electron chi connectivity index (χ1n) is 14.6. The number of alkyl halides is 3. The summed E-state index contributed by atoms with van der Waals surface area (Å²) in [6.07, 6.45) is -6.78. The fraction of sp³-hybridized carbons (Fsp3) is 0.438. The van der Waals surface area contributed by atoms with E-state index in [9.17, 15) is 37.5 Å². The van der Waals surface area contributed by atoms with Gasteiger partial charge in [-0.2, -0.15) is 13.2 Å². The molecule has 1 saturated heterocycles. The number of benzene rings is 2. The second-order valence-electron chi connectivity index (χ2n) is 11.7. The van der Waals surface area contributed by atoms with Crippen LogP contribution in [0.15, 0.2) is 54.3 Å².